The van der Waals surface area contributed by atoms with Crippen molar-refractivity contribution >= 4 is 11.9 Å². The molecular formula is C18H27NO4. The predicted octanol–water partition coefficient (Wildman–Crippen LogP) is 3.00. The lowest BCUT2D eigenvalue weighted by Crippen LogP contribution is -2.44. The highest BCUT2D eigenvalue weighted by atomic mass is 16.5. The van der Waals surface area contributed by atoms with Crippen LogP contribution in [0.25, 0.3) is 0 Å². The highest BCUT2D eigenvalue weighted by Gasteiger charge is 2.26. The maximum atomic E-state index is 12.5. The van der Waals surface area contributed by atoms with Gasteiger partial charge in [-0.15, -0.1) is 0 Å². The number of amides is 1. The highest BCUT2D eigenvalue weighted by Crippen LogP contribution is 2.17. The summed E-state index contributed by atoms with van der Waals surface area (Å²) in [5.74, 6) is -0.748. The van der Waals surface area contributed by atoms with Gasteiger partial charge in [-0.3, -0.25) is 4.79 Å². The van der Waals surface area contributed by atoms with Crippen molar-refractivity contribution in [1.82, 2.24) is 5.32 Å². The maximum absolute atomic E-state index is 12.5. The van der Waals surface area contributed by atoms with Crippen molar-refractivity contribution in [3.8, 4) is 0 Å². The summed E-state index contributed by atoms with van der Waals surface area (Å²) >= 11 is 0. The van der Waals surface area contributed by atoms with Gasteiger partial charge in [-0.05, 0) is 12.0 Å². The Hall–Kier alpha value is -1.88. The van der Waals surface area contributed by atoms with Crippen molar-refractivity contribution in [2.75, 3.05) is 14.2 Å². The fraction of sp³-hybridized carbons (Fsp3) is 0.556. The lowest BCUT2D eigenvalue weighted by molar-refractivity contribution is -0.147. The number of nitrogens with one attached hydrogen (secondary N) is 1. The summed E-state index contributed by atoms with van der Waals surface area (Å²) in [6.45, 7) is 2.13. The van der Waals surface area contributed by atoms with Gasteiger partial charge in [0.15, 0.2) is 6.10 Å². The van der Waals surface area contributed by atoms with Crippen LogP contribution in [-0.2, 0) is 19.1 Å². The summed E-state index contributed by atoms with van der Waals surface area (Å²) in [4.78, 5) is 24.3. The van der Waals surface area contributed by atoms with Crippen LogP contribution in [0.5, 0.6) is 0 Å². The van der Waals surface area contributed by atoms with E-state index in [0.717, 1.165) is 31.2 Å². The van der Waals surface area contributed by atoms with Gasteiger partial charge in [0.1, 0.15) is 6.04 Å². The first-order valence-corrected chi connectivity index (χ1v) is 8.10. The molecule has 128 valence electrons. The van der Waals surface area contributed by atoms with Gasteiger partial charge in [0, 0.05) is 7.11 Å². The van der Waals surface area contributed by atoms with Gasteiger partial charge in [0.2, 0.25) is 0 Å². The Labute approximate surface area is 138 Å². The third-order valence-electron chi connectivity index (χ3n) is 3.72. The van der Waals surface area contributed by atoms with Gasteiger partial charge in [0.25, 0.3) is 5.91 Å². The van der Waals surface area contributed by atoms with Gasteiger partial charge in [0.05, 0.1) is 7.11 Å². The van der Waals surface area contributed by atoms with E-state index in [1.54, 1.807) is 0 Å². The molecule has 5 heteroatoms. The molecule has 1 rings (SSSR count). The number of hydrogen-bond donors (Lipinski definition) is 1. The molecule has 0 aliphatic carbocycles. The van der Waals surface area contributed by atoms with Crippen LogP contribution < -0.4 is 5.32 Å². The Morgan fingerprint density at radius 3 is 2.35 bits per heavy atom. The maximum Gasteiger partial charge on any atom is 0.328 e. The quantitative estimate of drug-likeness (QED) is 0.531. The lowest BCUT2D eigenvalue weighted by atomic mass is 10.1. The number of ether oxygens (including phenoxy) is 2. The predicted molar refractivity (Wildman–Crippen MR) is 88.9 cm³/mol. The zero-order valence-corrected chi connectivity index (χ0v) is 14.2. The van der Waals surface area contributed by atoms with Crippen molar-refractivity contribution in [2.45, 2.75) is 51.2 Å². The summed E-state index contributed by atoms with van der Waals surface area (Å²) in [6, 6.07) is 8.57. The molecule has 0 unspecified atom stereocenters. The van der Waals surface area contributed by atoms with Crippen LogP contribution in [0.1, 0.15) is 50.7 Å². The number of esters is 1. The largest absolute Gasteiger partial charge is 0.467 e. The summed E-state index contributed by atoms with van der Waals surface area (Å²) < 4.78 is 10.1. The number of hydrogen-bond acceptors (Lipinski definition) is 4. The molecule has 0 radical (unpaired) electrons. The topological polar surface area (TPSA) is 64.6 Å². The molecule has 1 aromatic carbocycles. The molecule has 0 fully saturated rings. The van der Waals surface area contributed by atoms with Gasteiger partial charge >= 0.3 is 5.97 Å². The van der Waals surface area contributed by atoms with Crippen molar-refractivity contribution < 1.29 is 19.1 Å². The molecular weight excluding hydrogens is 294 g/mol. The van der Waals surface area contributed by atoms with Crippen LogP contribution in [0.15, 0.2) is 30.3 Å². The SMILES string of the molecule is CCCCCC[C@H](NC(=O)[C@@H](OC)c1ccccc1)C(=O)OC. The van der Waals surface area contributed by atoms with Gasteiger partial charge in [-0.1, -0.05) is 62.9 Å². The minimum atomic E-state index is -0.737. The number of methoxy groups -OCH3 is 2. The molecule has 1 aromatic rings. The third-order valence-corrected chi connectivity index (χ3v) is 3.72. The van der Waals surface area contributed by atoms with E-state index in [0.29, 0.717) is 6.42 Å². The number of unbranched alkanes of at least 4 members (excludes halogenated alkanes) is 3. The Morgan fingerprint density at radius 2 is 1.78 bits per heavy atom. The van der Waals surface area contributed by atoms with Crippen molar-refractivity contribution in [3.63, 3.8) is 0 Å². The van der Waals surface area contributed by atoms with Gasteiger partial charge in [-0.25, -0.2) is 4.79 Å². The molecule has 0 aliphatic heterocycles. The molecule has 23 heavy (non-hydrogen) atoms. The van der Waals surface area contributed by atoms with E-state index in [1.165, 1.54) is 14.2 Å². The molecule has 0 bridgehead atoms. The van der Waals surface area contributed by atoms with Gasteiger partial charge in [-0.2, -0.15) is 0 Å². The molecule has 0 heterocycles. The molecule has 0 aromatic heterocycles. The van der Waals surface area contributed by atoms with Crippen LogP contribution in [-0.4, -0.2) is 32.1 Å². The second-order valence-electron chi connectivity index (χ2n) is 5.46. The summed E-state index contributed by atoms with van der Waals surface area (Å²) in [7, 11) is 2.81. The standard InChI is InChI=1S/C18H27NO4/c1-4-5-6-10-13-15(18(21)23-3)19-17(20)16(22-2)14-11-8-7-9-12-14/h7-9,11-12,15-16H,4-6,10,13H2,1-3H3,(H,19,20)/t15-,16-/m0/s1. The molecule has 0 saturated carbocycles. The second-order valence-corrected chi connectivity index (χ2v) is 5.46. The molecule has 0 aliphatic rings. The molecule has 5 nitrogen and oxygen atoms in total. The number of carbonyl (C=O) groups excluding carboxylic acids is 2. The molecule has 1 N–H and O–H groups in total. The second kappa shape index (κ2) is 10.8. The fourth-order valence-electron chi connectivity index (χ4n) is 2.44. The fourth-order valence-corrected chi connectivity index (χ4v) is 2.44. The first-order chi connectivity index (χ1) is 11.1. The van der Waals surface area contributed by atoms with Crippen molar-refractivity contribution in [1.29, 1.82) is 0 Å². The molecule has 1 amide bonds. The Morgan fingerprint density at radius 1 is 1.09 bits per heavy atom. The van der Waals surface area contributed by atoms with Gasteiger partial charge < -0.3 is 14.8 Å². The van der Waals surface area contributed by atoms with Crippen LogP contribution in [0.4, 0.5) is 0 Å². The summed E-state index contributed by atoms with van der Waals surface area (Å²) in [6.07, 6.45) is 3.98. The summed E-state index contributed by atoms with van der Waals surface area (Å²) in [5.41, 5.74) is 0.752. The minimum absolute atomic E-state index is 0.329. The van der Waals surface area contributed by atoms with E-state index in [-0.39, 0.29) is 5.91 Å². The third kappa shape index (κ3) is 6.40. The number of benzene rings is 1. The first kappa shape index (κ1) is 19.2. The van der Waals surface area contributed by atoms with Crippen LogP contribution >= 0.6 is 0 Å². The Bertz CT molecular complexity index is 475. The number of carbonyl (C=O) groups is 2. The van der Waals surface area contributed by atoms with E-state index in [9.17, 15) is 9.59 Å². The van der Waals surface area contributed by atoms with Crippen molar-refractivity contribution in [3.05, 3.63) is 35.9 Å². The van der Waals surface area contributed by atoms with Crippen LogP contribution in [0.2, 0.25) is 0 Å². The van der Waals surface area contributed by atoms with E-state index >= 15 is 0 Å². The Kier molecular flexibility index (Phi) is 8.98. The number of rotatable bonds is 10. The molecule has 0 spiro atoms. The van der Waals surface area contributed by atoms with Crippen LogP contribution in [0.3, 0.4) is 0 Å². The van der Waals surface area contributed by atoms with Crippen molar-refractivity contribution in [2.24, 2.45) is 0 Å². The average molecular weight is 321 g/mol. The zero-order chi connectivity index (χ0) is 17.1. The normalized spacial score (nSPS) is 13.2. The Balaban J connectivity index is 2.68. The average Bonchev–Trinajstić information content (AvgIpc) is 2.58. The first-order valence-electron chi connectivity index (χ1n) is 8.10. The van der Waals surface area contributed by atoms with E-state index < -0.39 is 18.1 Å². The highest BCUT2D eigenvalue weighted by molar-refractivity contribution is 5.87. The molecule has 0 saturated heterocycles. The molecule has 2 atom stereocenters. The zero-order valence-electron chi connectivity index (χ0n) is 14.2. The van der Waals surface area contributed by atoms with E-state index in [4.69, 9.17) is 9.47 Å². The smallest absolute Gasteiger partial charge is 0.328 e. The lowest BCUT2D eigenvalue weighted by Gasteiger charge is -2.20. The van der Waals surface area contributed by atoms with Crippen LogP contribution in [0, 0.1) is 0 Å². The van der Waals surface area contributed by atoms with E-state index in [1.807, 2.05) is 30.3 Å². The monoisotopic (exact) mass is 321 g/mol. The minimum Gasteiger partial charge on any atom is -0.467 e. The summed E-state index contributed by atoms with van der Waals surface area (Å²) in [5, 5.41) is 2.76. The van der Waals surface area contributed by atoms with E-state index in [2.05, 4.69) is 12.2 Å².